The minimum absolute atomic E-state index is 0.292. The van der Waals surface area contributed by atoms with Gasteiger partial charge in [0.2, 0.25) is 0 Å². The van der Waals surface area contributed by atoms with E-state index in [4.69, 9.17) is 16.3 Å². The van der Waals surface area contributed by atoms with Gasteiger partial charge in [0.05, 0.1) is 8.95 Å². The molecule has 0 radical (unpaired) electrons. The van der Waals surface area contributed by atoms with Crippen molar-refractivity contribution in [1.29, 1.82) is 0 Å². The summed E-state index contributed by atoms with van der Waals surface area (Å²) < 4.78 is 8.12. The molecule has 0 aliphatic carbocycles. The molecular weight excluding hydrogens is 399 g/mol. The van der Waals surface area contributed by atoms with Gasteiger partial charge in [-0.15, -0.1) is 0 Å². The van der Waals surface area contributed by atoms with E-state index < -0.39 is 0 Å². The van der Waals surface area contributed by atoms with E-state index in [0.717, 1.165) is 19.2 Å². The number of rotatable bonds is 3. The molecule has 0 bridgehead atoms. The summed E-state index contributed by atoms with van der Waals surface area (Å²) in [6, 6.07) is 3.80. The fourth-order valence-corrected chi connectivity index (χ4v) is 3.36. The van der Waals surface area contributed by atoms with Crippen molar-refractivity contribution >= 4 is 59.4 Å². The molecule has 1 rings (SSSR count). The van der Waals surface area contributed by atoms with Gasteiger partial charge >= 0.3 is 0 Å². The minimum atomic E-state index is 0.292. The lowest BCUT2D eigenvalue weighted by Crippen LogP contribution is -1.97. The summed E-state index contributed by atoms with van der Waals surface area (Å²) in [5, 5.41) is 0.465. The first-order valence-electron chi connectivity index (χ1n) is 3.61. The van der Waals surface area contributed by atoms with Gasteiger partial charge in [-0.05, 0) is 44.0 Å². The van der Waals surface area contributed by atoms with Crippen LogP contribution >= 0.6 is 59.4 Å². The molecule has 0 saturated carbocycles. The summed E-state index contributed by atoms with van der Waals surface area (Å²) in [7, 11) is 0. The number of hydrogen-bond acceptors (Lipinski definition) is 1. The van der Waals surface area contributed by atoms with Crippen molar-refractivity contribution in [3.05, 3.63) is 37.2 Å². The summed E-state index contributed by atoms with van der Waals surface area (Å²) in [5.41, 5.74) is 0. The number of halogens is 4. The maximum Gasteiger partial charge on any atom is 0.148 e. The van der Waals surface area contributed by atoms with Crippen LogP contribution < -0.4 is 4.74 Å². The molecule has 0 atom stereocenters. The van der Waals surface area contributed by atoms with Crippen LogP contribution in [0.2, 0.25) is 0 Å². The Labute approximate surface area is 113 Å². The highest BCUT2D eigenvalue weighted by atomic mass is 79.9. The first-order valence-corrected chi connectivity index (χ1v) is 6.37. The smallest absolute Gasteiger partial charge is 0.148 e. The summed E-state index contributed by atoms with van der Waals surface area (Å²) in [5.74, 6) is 0.718. The summed E-state index contributed by atoms with van der Waals surface area (Å²) >= 11 is 15.8. The second-order valence-corrected chi connectivity index (χ2v) is 5.66. The third-order valence-corrected chi connectivity index (χ3v) is 3.08. The fourth-order valence-electron chi connectivity index (χ4n) is 0.817. The van der Waals surface area contributed by atoms with Crippen molar-refractivity contribution in [2.24, 2.45) is 0 Å². The van der Waals surface area contributed by atoms with Crippen molar-refractivity contribution in [3.63, 3.8) is 0 Å². The highest BCUT2D eigenvalue weighted by Gasteiger charge is 2.08. The lowest BCUT2D eigenvalue weighted by molar-refractivity contribution is 0.355. The molecule has 76 valence electrons. The van der Waals surface area contributed by atoms with Crippen LogP contribution in [0.5, 0.6) is 5.75 Å². The number of benzene rings is 1. The maximum absolute atomic E-state index is 5.60. The second-order valence-electron chi connectivity index (χ2n) is 2.50. The monoisotopic (exact) mass is 402 g/mol. The van der Waals surface area contributed by atoms with Crippen LogP contribution in [0.25, 0.3) is 0 Å². The molecule has 14 heavy (non-hydrogen) atoms. The Morgan fingerprint density at radius 3 is 2.21 bits per heavy atom. The van der Waals surface area contributed by atoms with Crippen molar-refractivity contribution in [2.75, 3.05) is 6.61 Å². The van der Waals surface area contributed by atoms with E-state index in [1.807, 2.05) is 12.1 Å². The number of hydrogen-bond donors (Lipinski definition) is 0. The molecule has 0 N–H and O–H groups in total. The van der Waals surface area contributed by atoms with Crippen molar-refractivity contribution < 1.29 is 4.74 Å². The zero-order valence-corrected chi connectivity index (χ0v) is 12.5. The maximum atomic E-state index is 5.60. The van der Waals surface area contributed by atoms with E-state index in [1.165, 1.54) is 0 Å². The summed E-state index contributed by atoms with van der Waals surface area (Å²) in [6.45, 7) is 3.84. The molecule has 0 spiro atoms. The number of ether oxygens (including phenoxy) is 1. The van der Waals surface area contributed by atoms with Gasteiger partial charge in [-0.2, -0.15) is 0 Å². The van der Waals surface area contributed by atoms with Crippen LogP contribution in [0.3, 0.4) is 0 Å². The standard InChI is InChI=1S/C9H6Br3ClO/c1-5(13)4-14-9-7(11)2-6(10)3-8(9)12/h2-3H,1,4H2. The van der Waals surface area contributed by atoms with Gasteiger partial charge in [-0.25, -0.2) is 0 Å². The molecule has 1 aromatic carbocycles. The highest BCUT2D eigenvalue weighted by molar-refractivity contribution is 9.11. The first-order chi connectivity index (χ1) is 6.50. The molecule has 0 fully saturated rings. The van der Waals surface area contributed by atoms with Gasteiger partial charge in [-0.3, -0.25) is 0 Å². The quantitative estimate of drug-likeness (QED) is 0.680. The van der Waals surface area contributed by atoms with E-state index in [9.17, 15) is 0 Å². The average Bonchev–Trinajstić information content (AvgIpc) is 2.01. The minimum Gasteiger partial charge on any atom is -0.486 e. The molecule has 0 amide bonds. The molecule has 0 saturated heterocycles. The molecule has 0 unspecified atom stereocenters. The Morgan fingerprint density at radius 2 is 1.79 bits per heavy atom. The second kappa shape index (κ2) is 5.54. The summed E-state index contributed by atoms with van der Waals surface area (Å²) in [4.78, 5) is 0. The van der Waals surface area contributed by atoms with Crippen molar-refractivity contribution in [2.45, 2.75) is 0 Å². The third-order valence-electron chi connectivity index (χ3n) is 1.34. The van der Waals surface area contributed by atoms with Gasteiger partial charge < -0.3 is 4.74 Å². The van der Waals surface area contributed by atoms with E-state index in [-0.39, 0.29) is 0 Å². The molecule has 1 aromatic rings. The van der Waals surface area contributed by atoms with E-state index in [2.05, 4.69) is 54.4 Å². The zero-order valence-electron chi connectivity index (χ0n) is 6.99. The van der Waals surface area contributed by atoms with Gasteiger partial charge in [-0.1, -0.05) is 34.1 Å². The van der Waals surface area contributed by atoms with Crippen LogP contribution in [-0.4, -0.2) is 6.61 Å². The third kappa shape index (κ3) is 3.57. The van der Waals surface area contributed by atoms with Gasteiger partial charge in [0, 0.05) is 9.51 Å². The van der Waals surface area contributed by atoms with Crippen molar-refractivity contribution in [1.82, 2.24) is 0 Å². The average molecular weight is 405 g/mol. The van der Waals surface area contributed by atoms with Crippen LogP contribution in [0.1, 0.15) is 0 Å². The SMILES string of the molecule is C=C(Cl)COc1c(Br)cc(Br)cc1Br. The van der Waals surface area contributed by atoms with Gasteiger partial charge in [0.1, 0.15) is 12.4 Å². The molecule has 5 heteroatoms. The zero-order chi connectivity index (χ0) is 10.7. The lowest BCUT2D eigenvalue weighted by Gasteiger charge is -2.09. The van der Waals surface area contributed by atoms with Gasteiger partial charge in [0.15, 0.2) is 0 Å². The Balaban J connectivity index is 2.91. The molecular formula is C9H6Br3ClO. The van der Waals surface area contributed by atoms with Crippen molar-refractivity contribution in [3.8, 4) is 5.75 Å². The predicted octanol–water partition coefficient (Wildman–Crippen LogP) is 5.11. The summed E-state index contributed by atoms with van der Waals surface area (Å²) in [6.07, 6.45) is 0. The van der Waals surface area contributed by atoms with Crippen LogP contribution in [0.4, 0.5) is 0 Å². The van der Waals surface area contributed by atoms with E-state index >= 15 is 0 Å². The van der Waals surface area contributed by atoms with Crippen LogP contribution in [0.15, 0.2) is 37.2 Å². The topological polar surface area (TPSA) is 9.23 Å². The van der Waals surface area contributed by atoms with E-state index in [0.29, 0.717) is 11.6 Å². The lowest BCUT2D eigenvalue weighted by atomic mass is 10.3. The fraction of sp³-hybridized carbons (Fsp3) is 0.111. The Hall–Kier alpha value is 0.490. The highest BCUT2D eigenvalue weighted by Crippen LogP contribution is 2.36. The molecule has 0 heterocycles. The largest absolute Gasteiger partial charge is 0.486 e. The Kier molecular flexibility index (Phi) is 4.97. The molecule has 0 aliphatic heterocycles. The first kappa shape index (κ1) is 12.6. The van der Waals surface area contributed by atoms with E-state index in [1.54, 1.807) is 0 Å². The molecule has 0 aliphatic rings. The molecule has 1 nitrogen and oxygen atoms in total. The normalized spacial score (nSPS) is 10.0. The van der Waals surface area contributed by atoms with Crippen LogP contribution in [0, 0.1) is 0 Å². The molecule has 0 aromatic heterocycles. The Bertz CT molecular complexity index is 342. The Morgan fingerprint density at radius 1 is 1.29 bits per heavy atom. The van der Waals surface area contributed by atoms with Gasteiger partial charge in [0.25, 0.3) is 0 Å². The van der Waals surface area contributed by atoms with Crippen LogP contribution in [-0.2, 0) is 0 Å². The predicted molar refractivity (Wildman–Crippen MR) is 70.0 cm³/mol.